The van der Waals surface area contributed by atoms with Crippen LogP contribution in [-0.4, -0.2) is 31.8 Å². The standard InChI is InChI=1S/C22H18N2O5/c1-27-19(25)22(20(26)28-2)17(15-9-5-3-6-10-15)21(13-23,14-24)18(29-22)16-11-7-4-8-12-16/h3-12,17-18H,1-2H3. The number of nitriles is 2. The van der Waals surface area contributed by atoms with Gasteiger partial charge in [0, 0.05) is 0 Å². The number of rotatable bonds is 4. The van der Waals surface area contributed by atoms with Gasteiger partial charge in [-0.05, 0) is 11.1 Å². The highest BCUT2D eigenvalue weighted by Gasteiger charge is 2.74. The van der Waals surface area contributed by atoms with Gasteiger partial charge in [-0.3, -0.25) is 0 Å². The first-order valence-electron chi connectivity index (χ1n) is 8.78. The topological polar surface area (TPSA) is 109 Å². The molecule has 1 heterocycles. The minimum atomic E-state index is -2.32. The molecule has 0 spiro atoms. The molecule has 0 aliphatic carbocycles. The van der Waals surface area contributed by atoms with Gasteiger partial charge in [0.1, 0.15) is 6.10 Å². The van der Waals surface area contributed by atoms with Crippen molar-refractivity contribution >= 4 is 11.9 Å². The fourth-order valence-corrected chi connectivity index (χ4v) is 3.91. The van der Waals surface area contributed by atoms with Crippen molar-refractivity contribution in [2.45, 2.75) is 17.6 Å². The second-order valence-electron chi connectivity index (χ2n) is 6.56. The molecule has 0 radical (unpaired) electrons. The van der Waals surface area contributed by atoms with E-state index >= 15 is 0 Å². The average Bonchev–Trinajstić information content (AvgIpc) is 3.11. The van der Waals surface area contributed by atoms with Crippen LogP contribution in [0.1, 0.15) is 23.1 Å². The number of esters is 2. The van der Waals surface area contributed by atoms with Crippen molar-refractivity contribution in [3.63, 3.8) is 0 Å². The molecule has 2 aromatic carbocycles. The summed E-state index contributed by atoms with van der Waals surface area (Å²) in [6.07, 6.45) is -1.19. The van der Waals surface area contributed by atoms with Gasteiger partial charge in [0.25, 0.3) is 5.60 Å². The molecule has 29 heavy (non-hydrogen) atoms. The van der Waals surface area contributed by atoms with Crippen molar-refractivity contribution in [2.75, 3.05) is 14.2 Å². The summed E-state index contributed by atoms with van der Waals surface area (Å²) in [5, 5.41) is 20.3. The van der Waals surface area contributed by atoms with E-state index in [0.29, 0.717) is 11.1 Å². The van der Waals surface area contributed by atoms with Gasteiger partial charge in [-0.25, -0.2) is 9.59 Å². The Bertz CT molecular complexity index is 961. The quantitative estimate of drug-likeness (QED) is 0.583. The molecule has 2 unspecified atom stereocenters. The van der Waals surface area contributed by atoms with Gasteiger partial charge >= 0.3 is 11.9 Å². The van der Waals surface area contributed by atoms with E-state index in [1.165, 1.54) is 0 Å². The molecule has 3 rings (SSSR count). The van der Waals surface area contributed by atoms with Gasteiger partial charge in [-0.1, -0.05) is 60.7 Å². The molecule has 1 fully saturated rings. The van der Waals surface area contributed by atoms with E-state index in [-0.39, 0.29) is 0 Å². The molecule has 1 saturated heterocycles. The second-order valence-corrected chi connectivity index (χ2v) is 6.56. The first-order valence-corrected chi connectivity index (χ1v) is 8.78. The lowest BCUT2D eigenvalue weighted by atomic mass is 9.65. The molecule has 7 nitrogen and oxygen atoms in total. The Balaban J connectivity index is 2.39. The number of nitrogens with zero attached hydrogens (tertiary/aromatic N) is 2. The van der Waals surface area contributed by atoms with E-state index in [9.17, 15) is 20.1 Å². The van der Waals surface area contributed by atoms with Crippen LogP contribution in [0.5, 0.6) is 0 Å². The fourth-order valence-electron chi connectivity index (χ4n) is 3.91. The van der Waals surface area contributed by atoms with Crippen LogP contribution < -0.4 is 0 Å². The maximum Gasteiger partial charge on any atom is 0.350 e. The summed E-state index contributed by atoms with van der Waals surface area (Å²) in [6, 6.07) is 21.0. The highest BCUT2D eigenvalue weighted by molar-refractivity contribution is 6.06. The lowest BCUT2D eigenvalue weighted by Crippen LogP contribution is -2.53. The lowest BCUT2D eigenvalue weighted by molar-refractivity contribution is -0.187. The van der Waals surface area contributed by atoms with Gasteiger partial charge in [0.2, 0.25) is 0 Å². The number of carbonyl (C=O) groups excluding carboxylic acids is 2. The monoisotopic (exact) mass is 390 g/mol. The summed E-state index contributed by atoms with van der Waals surface area (Å²) in [5.41, 5.74) is -3.34. The average molecular weight is 390 g/mol. The molecule has 0 amide bonds. The Morgan fingerprint density at radius 1 is 0.862 bits per heavy atom. The molecule has 0 aromatic heterocycles. The van der Waals surface area contributed by atoms with Crippen molar-refractivity contribution in [2.24, 2.45) is 5.41 Å². The zero-order chi connectivity index (χ0) is 21.1. The molecule has 2 atom stereocenters. The maximum absolute atomic E-state index is 12.9. The highest BCUT2D eigenvalue weighted by atomic mass is 16.6. The number of carbonyl (C=O) groups is 2. The van der Waals surface area contributed by atoms with Crippen molar-refractivity contribution in [3.05, 3.63) is 71.8 Å². The maximum atomic E-state index is 12.9. The Morgan fingerprint density at radius 3 is 1.72 bits per heavy atom. The molecular weight excluding hydrogens is 372 g/mol. The third-order valence-corrected chi connectivity index (χ3v) is 5.16. The van der Waals surface area contributed by atoms with Crippen molar-refractivity contribution in [3.8, 4) is 12.1 Å². The van der Waals surface area contributed by atoms with Crippen molar-refractivity contribution in [1.29, 1.82) is 10.5 Å². The van der Waals surface area contributed by atoms with Gasteiger partial charge in [0.15, 0.2) is 5.41 Å². The zero-order valence-electron chi connectivity index (χ0n) is 15.9. The molecule has 2 aromatic rings. The molecule has 1 aliphatic heterocycles. The van der Waals surface area contributed by atoms with Crippen LogP contribution in [0.3, 0.4) is 0 Å². The minimum absolute atomic E-state index is 0.407. The minimum Gasteiger partial charge on any atom is -0.466 e. The molecule has 0 bridgehead atoms. The van der Waals surface area contributed by atoms with Crippen molar-refractivity contribution < 1.29 is 23.8 Å². The van der Waals surface area contributed by atoms with Crippen LogP contribution >= 0.6 is 0 Å². The first-order chi connectivity index (χ1) is 14.0. The highest BCUT2D eigenvalue weighted by Crippen LogP contribution is 2.61. The molecule has 0 N–H and O–H groups in total. The third kappa shape index (κ3) is 2.84. The van der Waals surface area contributed by atoms with E-state index in [4.69, 9.17) is 14.2 Å². The summed E-state index contributed by atoms with van der Waals surface area (Å²) in [4.78, 5) is 25.9. The van der Waals surface area contributed by atoms with E-state index < -0.39 is 35.0 Å². The zero-order valence-corrected chi connectivity index (χ0v) is 15.9. The summed E-state index contributed by atoms with van der Waals surface area (Å²) in [7, 11) is 2.21. The van der Waals surface area contributed by atoms with E-state index in [1.54, 1.807) is 60.7 Å². The van der Waals surface area contributed by atoms with Crippen LogP contribution in [0, 0.1) is 28.1 Å². The summed E-state index contributed by atoms with van der Waals surface area (Å²) in [6.45, 7) is 0. The Morgan fingerprint density at radius 2 is 1.31 bits per heavy atom. The summed E-state index contributed by atoms with van der Waals surface area (Å²) < 4.78 is 15.8. The Hall–Kier alpha value is -3.68. The third-order valence-electron chi connectivity index (χ3n) is 5.16. The number of benzene rings is 2. The first kappa shape index (κ1) is 20.1. The summed E-state index contributed by atoms with van der Waals surface area (Å²) >= 11 is 0. The number of methoxy groups -OCH3 is 2. The fraction of sp³-hybridized carbons (Fsp3) is 0.273. The van der Waals surface area contributed by atoms with Crippen molar-refractivity contribution in [1.82, 2.24) is 0 Å². The largest absolute Gasteiger partial charge is 0.466 e. The van der Waals surface area contributed by atoms with Crippen LogP contribution in [0.4, 0.5) is 0 Å². The molecule has 1 aliphatic rings. The van der Waals surface area contributed by atoms with Crippen LogP contribution in [0.15, 0.2) is 60.7 Å². The van der Waals surface area contributed by atoms with Gasteiger partial charge in [0.05, 0.1) is 32.3 Å². The lowest BCUT2D eigenvalue weighted by Gasteiger charge is -2.31. The molecular formula is C22H18N2O5. The van der Waals surface area contributed by atoms with E-state index in [0.717, 1.165) is 14.2 Å². The molecule has 146 valence electrons. The Labute approximate surface area is 168 Å². The van der Waals surface area contributed by atoms with Gasteiger partial charge in [-0.2, -0.15) is 10.5 Å². The van der Waals surface area contributed by atoms with E-state index in [1.807, 2.05) is 12.1 Å². The van der Waals surface area contributed by atoms with E-state index in [2.05, 4.69) is 0 Å². The predicted octanol–water partition coefficient (Wildman–Crippen LogP) is 2.66. The summed E-state index contributed by atoms with van der Waals surface area (Å²) in [5.74, 6) is -3.35. The molecule has 7 heteroatoms. The van der Waals surface area contributed by atoms with Gasteiger partial charge < -0.3 is 14.2 Å². The molecule has 0 saturated carbocycles. The predicted molar refractivity (Wildman–Crippen MR) is 99.9 cm³/mol. The normalized spacial score (nSPS) is 21.4. The number of ether oxygens (including phenoxy) is 3. The number of hydrogen-bond donors (Lipinski definition) is 0. The van der Waals surface area contributed by atoms with Crippen LogP contribution in [0.25, 0.3) is 0 Å². The Kier molecular flexibility index (Phi) is 5.36. The second kappa shape index (κ2) is 7.75. The van der Waals surface area contributed by atoms with Gasteiger partial charge in [-0.15, -0.1) is 0 Å². The van der Waals surface area contributed by atoms with Crippen LogP contribution in [-0.2, 0) is 23.8 Å². The van der Waals surface area contributed by atoms with Crippen LogP contribution in [0.2, 0.25) is 0 Å². The SMILES string of the molecule is COC(=O)C1(C(=O)OC)OC(c2ccccc2)C(C#N)(C#N)C1c1ccccc1. The number of hydrogen-bond acceptors (Lipinski definition) is 7. The smallest absolute Gasteiger partial charge is 0.350 e.